The van der Waals surface area contributed by atoms with Crippen molar-refractivity contribution in [3.63, 3.8) is 0 Å². The molecule has 3 rings (SSSR count). The number of aliphatic hydroxyl groups is 1. The van der Waals surface area contributed by atoms with Crippen LogP contribution in [0.5, 0.6) is 11.5 Å². The Kier molecular flexibility index (Phi) is 8.57. The molecule has 1 aliphatic rings. The lowest BCUT2D eigenvalue weighted by Crippen LogP contribution is -2.35. The first-order valence-corrected chi connectivity index (χ1v) is 12.1. The van der Waals surface area contributed by atoms with E-state index in [0.717, 1.165) is 17.7 Å². The fraction of sp³-hybridized carbons (Fsp3) is 0.429. The fourth-order valence-electron chi connectivity index (χ4n) is 4.14. The quantitative estimate of drug-likeness (QED) is 0.305. The molecule has 1 saturated heterocycles. The van der Waals surface area contributed by atoms with Gasteiger partial charge in [0, 0.05) is 24.2 Å². The van der Waals surface area contributed by atoms with E-state index in [1.54, 1.807) is 18.2 Å². The molecule has 7 nitrogen and oxygen atoms in total. The van der Waals surface area contributed by atoms with Crippen LogP contribution in [0, 0.1) is 6.92 Å². The van der Waals surface area contributed by atoms with Gasteiger partial charge in [0.2, 0.25) is 0 Å². The monoisotopic (exact) mass is 480 g/mol. The van der Waals surface area contributed by atoms with E-state index in [4.69, 9.17) is 9.47 Å². The number of amides is 1. The van der Waals surface area contributed by atoms with Crippen LogP contribution in [0.15, 0.2) is 48.0 Å². The average molecular weight is 481 g/mol. The summed E-state index contributed by atoms with van der Waals surface area (Å²) in [5, 5.41) is 11.4. The molecule has 0 spiro atoms. The maximum absolute atomic E-state index is 13.3. The summed E-state index contributed by atoms with van der Waals surface area (Å²) in [7, 11) is 3.82. The van der Waals surface area contributed by atoms with Gasteiger partial charge in [0.15, 0.2) is 0 Å². The third-order valence-electron chi connectivity index (χ3n) is 5.81. The number of nitrogens with zero attached hydrogens (tertiary/aromatic N) is 2. The molecular weight excluding hydrogens is 444 g/mol. The number of ketones is 1. The summed E-state index contributed by atoms with van der Waals surface area (Å²) < 4.78 is 11.8. The summed E-state index contributed by atoms with van der Waals surface area (Å²) in [6.45, 7) is 9.26. The molecule has 1 amide bonds. The number of aliphatic hydroxyl groups excluding tert-OH is 1. The first kappa shape index (κ1) is 26.3. The van der Waals surface area contributed by atoms with Crippen molar-refractivity contribution in [3.8, 4) is 11.5 Å². The Labute approximate surface area is 207 Å². The SMILES string of the molecule is CCCOc1ccc(/C(O)=C2/C(=O)C(=O)N(CCN(C)C)C2c2ccccc2OC(C)C)cc1C. The van der Waals surface area contributed by atoms with Crippen molar-refractivity contribution in [1.29, 1.82) is 0 Å². The number of hydrogen-bond donors (Lipinski definition) is 1. The summed E-state index contributed by atoms with van der Waals surface area (Å²) in [4.78, 5) is 29.9. The van der Waals surface area contributed by atoms with Crippen molar-refractivity contribution in [2.24, 2.45) is 0 Å². The van der Waals surface area contributed by atoms with Gasteiger partial charge in [-0.15, -0.1) is 0 Å². The molecule has 2 aromatic carbocycles. The average Bonchev–Trinajstić information content (AvgIpc) is 3.06. The van der Waals surface area contributed by atoms with E-state index in [9.17, 15) is 14.7 Å². The van der Waals surface area contributed by atoms with E-state index in [1.807, 2.05) is 71.0 Å². The molecule has 0 aromatic heterocycles. The Morgan fingerprint density at radius 1 is 1.11 bits per heavy atom. The van der Waals surface area contributed by atoms with E-state index in [0.29, 0.717) is 36.6 Å². The van der Waals surface area contributed by atoms with Gasteiger partial charge >= 0.3 is 0 Å². The minimum atomic E-state index is -0.763. The van der Waals surface area contributed by atoms with Gasteiger partial charge < -0.3 is 24.4 Å². The lowest BCUT2D eigenvalue weighted by atomic mass is 9.94. The van der Waals surface area contributed by atoms with E-state index in [-0.39, 0.29) is 17.4 Å². The Balaban J connectivity index is 2.15. The number of likely N-dealkylation sites (N-methyl/N-ethyl adjacent to an activating group) is 1. The zero-order valence-corrected chi connectivity index (χ0v) is 21.5. The highest BCUT2D eigenvalue weighted by Gasteiger charge is 2.47. The van der Waals surface area contributed by atoms with Gasteiger partial charge in [-0.25, -0.2) is 0 Å². The van der Waals surface area contributed by atoms with Crippen LogP contribution in [-0.2, 0) is 9.59 Å². The number of benzene rings is 2. The van der Waals surface area contributed by atoms with Gasteiger partial charge in [0.1, 0.15) is 17.3 Å². The van der Waals surface area contributed by atoms with Crippen molar-refractivity contribution in [2.75, 3.05) is 33.8 Å². The van der Waals surface area contributed by atoms with Crippen molar-refractivity contribution < 1.29 is 24.2 Å². The zero-order chi connectivity index (χ0) is 25.7. The van der Waals surface area contributed by atoms with Gasteiger partial charge in [-0.3, -0.25) is 9.59 Å². The number of carbonyl (C=O) groups excluding carboxylic acids is 2. The van der Waals surface area contributed by atoms with Crippen molar-refractivity contribution in [2.45, 2.75) is 46.3 Å². The lowest BCUT2D eigenvalue weighted by Gasteiger charge is -2.28. The fourth-order valence-corrected chi connectivity index (χ4v) is 4.14. The van der Waals surface area contributed by atoms with Gasteiger partial charge in [0.05, 0.1) is 24.3 Å². The smallest absolute Gasteiger partial charge is 0.295 e. The molecule has 1 heterocycles. The molecule has 1 atom stereocenters. The summed E-state index contributed by atoms with van der Waals surface area (Å²) in [5.41, 5.74) is 2.03. The highest BCUT2D eigenvalue weighted by molar-refractivity contribution is 6.46. The lowest BCUT2D eigenvalue weighted by molar-refractivity contribution is -0.140. The second-order valence-corrected chi connectivity index (χ2v) is 9.33. The molecule has 0 bridgehead atoms. The van der Waals surface area contributed by atoms with E-state index < -0.39 is 17.7 Å². The number of ether oxygens (including phenoxy) is 2. The first-order valence-electron chi connectivity index (χ1n) is 12.1. The Morgan fingerprint density at radius 3 is 2.46 bits per heavy atom. The minimum Gasteiger partial charge on any atom is -0.507 e. The van der Waals surface area contributed by atoms with Gasteiger partial charge in [-0.2, -0.15) is 0 Å². The Morgan fingerprint density at radius 2 is 1.83 bits per heavy atom. The number of carbonyl (C=O) groups is 2. The predicted octanol–water partition coefficient (Wildman–Crippen LogP) is 4.55. The topological polar surface area (TPSA) is 79.3 Å². The van der Waals surface area contributed by atoms with E-state index in [1.165, 1.54) is 4.90 Å². The van der Waals surface area contributed by atoms with Gasteiger partial charge in [0.25, 0.3) is 11.7 Å². The number of Topliss-reactive ketones (excluding diaryl/α,β-unsaturated/α-hetero) is 1. The molecule has 0 aliphatic carbocycles. The normalized spacial score (nSPS) is 17.5. The maximum atomic E-state index is 13.3. The Hall–Kier alpha value is -3.32. The molecule has 2 aromatic rings. The molecule has 0 saturated carbocycles. The summed E-state index contributed by atoms with van der Waals surface area (Å²) in [5.74, 6) is -0.228. The standard InChI is InChI=1S/C28H36N2O5/c1-7-16-34-22-13-12-20(17-19(22)4)26(31)24-25(21-10-8-9-11-23(21)35-18(2)3)30(15-14-29(5)6)28(33)27(24)32/h8-13,17-18,25,31H,7,14-16H2,1-6H3/b26-24-. The molecule has 0 radical (unpaired) electrons. The zero-order valence-electron chi connectivity index (χ0n) is 21.5. The number of rotatable bonds is 10. The molecule has 188 valence electrons. The summed E-state index contributed by atoms with van der Waals surface area (Å²) >= 11 is 0. The summed E-state index contributed by atoms with van der Waals surface area (Å²) in [6, 6.07) is 11.9. The van der Waals surface area contributed by atoms with Crippen LogP contribution in [0.1, 0.15) is 49.9 Å². The second kappa shape index (κ2) is 11.4. The molecule has 1 fully saturated rings. The van der Waals surface area contributed by atoms with Crippen LogP contribution < -0.4 is 9.47 Å². The highest BCUT2D eigenvalue weighted by atomic mass is 16.5. The van der Waals surface area contributed by atoms with Crippen molar-refractivity contribution in [3.05, 3.63) is 64.7 Å². The third kappa shape index (κ3) is 5.85. The third-order valence-corrected chi connectivity index (χ3v) is 5.81. The predicted molar refractivity (Wildman–Crippen MR) is 137 cm³/mol. The number of para-hydroxylation sites is 1. The van der Waals surface area contributed by atoms with Crippen molar-refractivity contribution >= 4 is 17.4 Å². The minimum absolute atomic E-state index is 0.0650. The molecule has 1 N–H and O–H groups in total. The van der Waals surface area contributed by atoms with Crippen LogP contribution in [0.4, 0.5) is 0 Å². The highest BCUT2D eigenvalue weighted by Crippen LogP contribution is 2.43. The molecule has 35 heavy (non-hydrogen) atoms. The van der Waals surface area contributed by atoms with Crippen molar-refractivity contribution in [1.82, 2.24) is 9.80 Å². The molecule has 7 heteroatoms. The molecular formula is C28H36N2O5. The number of aryl methyl sites for hydroxylation is 1. The molecule has 1 unspecified atom stereocenters. The van der Waals surface area contributed by atoms with Gasteiger partial charge in [-0.1, -0.05) is 25.1 Å². The van der Waals surface area contributed by atoms with Crippen LogP contribution in [0.25, 0.3) is 5.76 Å². The van der Waals surface area contributed by atoms with Crippen LogP contribution in [-0.4, -0.2) is 66.5 Å². The Bertz CT molecular complexity index is 1110. The number of hydrogen-bond acceptors (Lipinski definition) is 6. The summed E-state index contributed by atoms with van der Waals surface area (Å²) in [6.07, 6.45) is 0.786. The van der Waals surface area contributed by atoms with Gasteiger partial charge in [-0.05, 0) is 71.1 Å². The van der Waals surface area contributed by atoms with Crippen LogP contribution in [0.3, 0.4) is 0 Å². The van der Waals surface area contributed by atoms with Crippen LogP contribution >= 0.6 is 0 Å². The molecule has 1 aliphatic heterocycles. The second-order valence-electron chi connectivity index (χ2n) is 9.33. The maximum Gasteiger partial charge on any atom is 0.295 e. The first-order chi connectivity index (χ1) is 16.6. The largest absolute Gasteiger partial charge is 0.507 e. The number of likely N-dealkylation sites (tertiary alicyclic amines) is 1. The van der Waals surface area contributed by atoms with E-state index >= 15 is 0 Å². The van der Waals surface area contributed by atoms with E-state index in [2.05, 4.69) is 0 Å². The van der Waals surface area contributed by atoms with Crippen LogP contribution in [0.2, 0.25) is 0 Å².